The predicted molar refractivity (Wildman–Crippen MR) is 83.9 cm³/mol. The van der Waals surface area contributed by atoms with Gasteiger partial charge in [0, 0.05) is 16.2 Å². The van der Waals surface area contributed by atoms with E-state index in [4.69, 9.17) is 4.74 Å². The summed E-state index contributed by atoms with van der Waals surface area (Å²) >= 11 is 3.45. The molecule has 0 aliphatic carbocycles. The van der Waals surface area contributed by atoms with Gasteiger partial charge in [-0.2, -0.15) is 0 Å². The lowest BCUT2D eigenvalue weighted by molar-refractivity contribution is 0.415. The van der Waals surface area contributed by atoms with Gasteiger partial charge < -0.3 is 10.1 Å². The molecule has 19 heavy (non-hydrogen) atoms. The van der Waals surface area contributed by atoms with Crippen molar-refractivity contribution in [1.82, 2.24) is 0 Å². The monoisotopic (exact) mass is 319 g/mol. The lowest BCUT2D eigenvalue weighted by Crippen LogP contribution is -2.17. The molecule has 1 unspecified atom stereocenters. The Kier molecular flexibility index (Phi) is 4.86. The maximum Gasteiger partial charge on any atom is 0.119 e. The fraction of sp³-hybridized carbons (Fsp3) is 0.250. The van der Waals surface area contributed by atoms with Crippen LogP contribution in [0.1, 0.15) is 12.5 Å². The smallest absolute Gasteiger partial charge is 0.119 e. The maximum absolute atomic E-state index is 5.15. The summed E-state index contributed by atoms with van der Waals surface area (Å²) in [5, 5.41) is 3.49. The Labute approximate surface area is 122 Å². The minimum atomic E-state index is 0.384. The van der Waals surface area contributed by atoms with E-state index in [0.29, 0.717) is 6.04 Å². The van der Waals surface area contributed by atoms with Crippen LogP contribution < -0.4 is 10.1 Å². The molecule has 0 spiro atoms. The van der Waals surface area contributed by atoms with Crippen LogP contribution in [0.3, 0.4) is 0 Å². The van der Waals surface area contributed by atoms with Crippen molar-refractivity contribution in [2.24, 2.45) is 0 Å². The molecule has 0 amide bonds. The van der Waals surface area contributed by atoms with Gasteiger partial charge in [0.05, 0.1) is 7.11 Å². The Morgan fingerprint density at radius 3 is 2.26 bits per heavy atom. The van der Waals surface area contributed by atoms with Crippen LogP contribution >= 0.6 is 15.9 Å². The van der Waals surface area contributed by atoms with E-state index in [0.717, 1.165) is 22.3 Å². The van der Waals surface area contributed by atoms with Crippen molar-refractivity contribution in [2.45, 2.75) is 19.4 Å². The van der Waals surface area contributed by atoms with Crippen LogP contribution in [0.4, 0.5) is 5.69 Å². The van der Waals surface area contributed by atoms with Crippen molar-refractivity contribution in [3.63, 3.8) is 0 Å². The number of anilines is 1. The van der Waals surface area contributed by atoms with Crippen molar-refractivity contribution >= 4 is 21.6 Å². The highest BCUT2D eigenvalue weighted by Crippen LogP contribution is 2.17. The van der Waals surface area contributed by atoms with E-state index >= 15 is 0 Å². The third-order valence-electron chi connectivity index (χ3n) is 2.96. The molecule has 2 nitrogen and oxygen atoms in total. The Bertz CT molecular complexity index is 507. The molecule has 0 heterocycles. The second-order valence-corrected chi connectivity index (χ2v) is 5.52. The SMILES string of the molecule is COc1ccc(NC(C)Cc2ccc(Br)cc2)cc1. The summed E-state index contributed by atoms with van der Waals surface area (Å²) in [6, 6.07) is 16.9. The van der Waals surface area contributed by atoms with E-state index in [-0.39, 0.29) is 0 Å². The number of hydrogen-bond acceptors (Lipinski definition) is 2. The van der Waals surface area contributed by atoms with Crippen LogP contribution in [0.15, 0.2) is 53.0 Å². The van der Waals surface area contributed by atoms with Crippen LogP contribution in [0.5, 0.6) is 5.75 Å². The molecule has 1 N–H and O–H groups in total. The molecule has 0 radical (unpaired) electrons. The van der Waals surface area contributed by atoms with Crippen LogP contribution in [0.25, 0.3) is 0 Å². The van der Waals surface area contributed by atoms with E-state index in [1.807, 2.05) is 24.3 Å². The first-order valence-corrected chi connectivity index (χ1v) is 7.11. The Balaban J connectivity index is 1.92. The predicted octanol–water partition coefficient (Wildman–Crippen LogP) is 4.50. The van der Waals surface area contributed by atoms with Crippen molar-refractivity contribution < 1.29 is 4.74 Å². The van der Waals surface area contributed by atoms with Gasteiger partial charge in [-0.05, 0) is 55.3 Å². The minimum Gasteiger partial charge on any atom is -0.497 e. The molecule has 100 valence electrons. The molecular weight excluding hydrogens is 302 g/mol. The van der Waals surface area contributed by atoms with Crippen LogP contribution in [-0.4, -0.2) is 13.2 Å². The Morgan fingerprint density at radius 1 is 1.05 bits per heavy atom. The van der Waals surface area contributed by atoms with Gasteiger partial charge in [-0.15, -0.1) is 0 Å². The van der Waals surface area contributed by atoms with Gasteiger partial charge in [0.1, 0.15) is 5.75 Å². The normalized spacial score (nSPS) is 11.9. The summed E-state index contributed by atoms with van der Waals surface area (Å²) in [4.78, 5) is 0. The zero-order valence-electron chi connectivity index (χ0n) is 11.2. The van der Waals surface area contributed by atoms with E-state index in [9.17, 15) is 0 Å². The first-order valence-electron chi connectivity index (χ1n) is 6.32. The van der Waals surface area contributed by atoms with E-state index < -0.39 is 0 Å². The number of benzene rings is 2. The van der Waals surface area contributed by atoms with Crippen LogP contribution in [-0.2, 0) is 6.42 Å². The largest absolute Gasteiger partial charge is 0.497 e. The molecule has 0 aromatic heterocycles. The topological polar surface area (TPSA) is 21.3 Å². The van der Waals surface area contributed by atoms with Gasteiger partial charge in [-0.1, -0.05) is 28.1 Å². The van der Waals surface area contributed by atoms with Crippen molar-refractivity contribution in [3.05, 3.63) is 58.6 Å². The third-order valence-corrected chi connectivity index (χ3v) is 3.49. The summed E-state index contributed by atoms with van der Waals surface area (Å²) < 4.78 is 6.27. The van der Waals surface area contributed by atoms with E-state index in [2.05, 4.69) is 52.4 Å². The highest BCUT2D eigenvalue weighted by atomic mass is 79.9. The highest BCUT2D eigenvalue weighted by Gasteiger charge is 2.04. The maximum atomic E-state index is 5.15. The summed E-state index contributed by atoms with van der Waals surface area (Å²) in [6.07, 6.45) is 0.999. The lowest BCUT2D eigenvalue weighted by Gasteiger charge is -2.15. The molecule has 2 aromatic carbocycles. The van der Waals surface area contributed by atoms with Gasteiger partial charge >= 0.3 is 0 Å². The van der Waals surface area contributed by atoms with Gasteiger partial charge in [-0.25, -0.2) is 0 Å². The number of halogens is 1. The standard InChI is InChI=1S/C16H18BrNO/c1-12(11-13-3-5-14(17)6-4-13)18-15-7-9-16(19-2)10-8-15/h3-10,12,18H,11H2,1-2H3. The zero-order valence-corrected chi connectivity index (χ0v) is 12.8. The molecule has 3 heteroatoms. The number of ether oxygens (including phenoxy) is 1. The fourth-order valence-electron chi connectivity index (χ4n) is 2.00. The van der Waals surface area contributed by atoms with Crippen molar-refractivity contribution in [3.8, 4) is 5.75 Å². The molecular formula is C16H18BrNO. The van der Waals surface area contributed by atoms with Gasteiger partial charge in [0.15, 0.2) is 0 Å². The number of hydrogen-bond donors (Lipinski definition) is 1. The van der Waals surface area contributed by atoms with Gasteiger partial charge in [0.2, 0.25) is 0 Å². The summed E-state index contributed by atoms with van der Waals surface area (Å²) in [5.41, 5.74) is 2.45. The number of nitrogens with one attached hydrogen (secondary N) is 1. The van der Waals surface area contributed by atoms with Crippen molar-refractivity contribution in [1.29, 1.82) is 0 Å². The Hall–Kier alpha value is -1.48. The van der Waals surface area contributed by atoms with E-state index in [1.54, 1.807) is 7.11 Å². The van der Waals surface area contributed by atoms with Gasteiger partial charge in [-0.3, -0.25) is 0 Å². The zero-order chi connectivity index (χ0) is 13.7. The summed E-state index contributed by atoms with van der Waals surface area (Å²) in [6.45, 7) is 2.19. The molecule has 2 aromatic rings. The molecule has 0 aliphatic rings. The molecule has 0 saturated heterocycles. The van der Waals surface area contributed by atoms with E-state index in [1.165, 1.54) is 5.56 Å². The summed E-state index contributed by atoms with van der Waals surface area (Å²) in [5.74, 6) is 0.881. The summed E-state index contributed by atoms with van der Waals surface area (Å²) in [7, 11) is 1.68. The minimum absolute atomic E-state index is 0.384. The van der Waals surface area contributed by atoms with Gasteiger partial charge in [0.25, 0.3) is 0 Å². The lowest BCUT2D eigenvalue weighted by atomic mass is 10.1. The molecule has 2 rings (SSSR count). The molecule has 1 atom stereocenters. The first kappa shape index (κ1) is 13.9. The number of rotatable bonds is 5. The quantitative estimate of drug-likeness (QED) is 0.876. The first-order chi connectivity index (χ1) is 9.17. The second kappa shape index (κ2) is 6.62. The van der Waals surface area contributed by atoms with Crippen molar-refractivity contribution in [2.75, 3.05) is 12.4 Å². The van der Waals surface area contributed by atoms with Crippen LogP contribution in [0.2, 0.25) is 0 Å². The number of methoxy groups -OCH3 is 1. The average molecular weight is 320 g/mol. The molecule has 0 saturated carbocycles. The fourth-order valence-corrected chi connectivity index (χ4v) is 2.26. The second-order valence-electron chi connectivity index (χ2n) is 4.60. The average Bonchev–Trinajstić information content (AvgIpc) is 2.42. The third kappa shape index (κ3) is 4.28. The molecule has 0 aliphatic heterocycles. The molecule has 0 bridgehead atoms. The molecule has 0 fully saturated rings. The Morgan fingerprint density at radius 2 is 1.68 bits per heavy atom. The van der Waals surface area contributed by atoms with Crippen LogP contribution in [0, 0.1) is 0 Å². The highest BCUT2D eigenvalue weighted by molar-refractivity contribution is 9.10.